The number of rotatable bonds is 10. The number of nitrogens with zero attached hydrogens (tertiary/aromatic N) is 1. The summed E-state index contributed by atoms with van der Waals surface area (Å²) in [7, 11) is -3.42. The molecule has 0 saturated carbocycles. The van der Waals surface area contributed by atoms with Crippen LogP contribution in [-0.4, -0.2) is 33.7 Å². The van der Waals surface area contributed by atoms with Crippen LogP contribution < -0.4 is 14.4 Å². The minimum absolute atomic E-state index is 0.121. The number of benzene rings is 2. The minimum atomic E-state index is -3.42. The van der Waals surface area contributed by atoms with Crippen LogP contribution in [0, 0.1) is 6.92 Å². The van der Waals surface area contributed by atoms with Crippen molar-refractivity contribution in [1.29, 1.82) is 0 Å². The van der Waals surface area contributed by atoms with Gasteiger partial charge in [-0.25, -0.2) is 8.42 Å². The molecule has 1 amide bonds. The lowest BCUT2D eigenvalue weighted by atomic mass is 10.2. The molecule has 0 unspecified atom stereocenters. The number of nitrogens with one attached hydrogen (secondary N) is 1. The molecule has 28 heavy (non-hydrogen) atoms. The van der Waals surface area contributed by atoms with Gasteiger partial charge < -0.3 is 10.1 Å². The van der Waals surface area contributed by atoms with Crippen LogP contribution in [-0.2, 0) is 21.4 Å². The molecule has 0 spiro atoms. The number of carbonyl (C=O) groups excluding carboxylic acids is 1. The summed E-state index contributed by atoms with van der Waals surface area (Å²) in [4.78, 5) is 12.2. The Hall–Kier alpha value is -2.54. The van der Waals surface area contributed by atoms with E-state index in [0.717, 1.165) is 16.9 Å². The van der Waals surface area contributed by atoms with E-state index in [2.05, 4.69) is 5.32 Å². The van der Waals surface area contributed by atoms with Gasteiger partial charge in [-0.2, -0.15) is 0 Å². The van der Waals surface area contributed by atoms with Gasteiger partial charge in [0, 0.05) is 25.1 Å². The summed E-state index contributed by atoms with van der Waals surface area (Å²) in [6, 6.07) is 14.9. The van der Waals surface area contributed by atoms with Crippen LogP contribution in [0.3, 0.4) is 0 Å². The average molecular weight is 405 g/mol. The summed E-state index contributed by atoms with van der Waals surface area (Å²) in [6.07, 6.45) is 1.86. The van der Waals surface area contributed by atoms with Crippen LogP contribution in [0.25, 0.3) is 0 Å². The van der Waals surface area contributed by atoms with Crippen molar-refractivity contribution in [3.63, 3.8) is 0 Å². The number of ether oxygens (including phenoxy) is 1. The Morgan fingerprint density at radius 1 is 1.11 bits per heavy atom. The predicted octanol–water partition coefficient (Wildman–Crippen LogP) is 3.26. The smallest absolute Gasteiger partial charge is 0.232 e. The number of para-hydroxylation sites is 2. The molecule has 6 nitrogen and oxygen atoms in total. The zero-order chi connectivity index (χ0) is 20.6. The third-order valence-electron chi connectivity index (χ3n) is 4.30. The largest absolute Gasteiger partial charge is 0.494 e. The molecule has 0 saturated heterocycles. The lowest BCUT2D eigenvalue weighted by molar-refractivity contribution is -0.121. The van der Waals surface area contributed by atoms with Gasteiger partial charge in [-0.3, -0.25) is 9.10 Å². The van der Waals surface area contributed by atoms with Gasteiger partial charge in [0.25, 0.3) is 0 Å². The molecule has 0 aliphatic rings. The van der Waals surface area contributed by atoms with E-state index in [4.69, 9.17) is 4.74 Å². The number of anilines is 1. The molecular weight excluding hydrogens is 376 g/mol. The molecule has 7 heteroatoms. The first kappa shape index (κ1) is 21.8. The first-order valence-electron chi connectivity index (χ1n) is 9.33. The molecular formula is C21H28N2O4S. The fourth-order valence-electron chi connectivity index (χ4n) is 2.92. The maximum absolute atomic E-state index is 12.2. The average Bonchev–Trinajstić information content (AvgIpc) is 2.65. The molecule has 0 heterocycles. The summed E-state index contributed by atoms with van der Waals surface area (Å²) in [5.74, 6) is 0.637. The van der Waals surface area contributed by atoms with Gasteiger partial charge in [0.15, 0.2) is 0 Å². The van der Waals surface area contributed by atoms with E-state index in [9.17, 15) is 13.2 Å². The fourth-order valence-corrected chi connectivity index (χ4v) is 3.94. The number of hydrogen-bond donors (Lipinski definition) is 1. The molecule has 2 aromatic rings. The van der Waals surface area contributed by atoms with Gasteiger partial charge >= 0.3 is 0 Å². The van der Waals surface area contributed by atoms with Crippen molar-refractivity contribution in [2.24, 2.45) is 0 Å². The van der Waals surface area contributed by atoms with Crippen molar-refractivity contribution in [2.45, 2.75) is 33.2 Å². The van der Waals surface area contributed by atoms with Gasteiger partial charge in [0.1, 0.15) is 5.75 Å². The molecule has 0 radical (unpaired) electrons. The molecule has 0 aliphatic carbocycles. The number of aryl methyl sites for hydroxylation is 1. The van der Waals surface area contributed by atoms with Gasteiger partial charge in [0.05, 0.1) is 18.6 Å². The van der Waals surface area contributed by atoms with Gasteiger partial charge in [0.2, 0.25) is 15.9 Å². The maximum Gasteiger partial charge on any atom is 0.232 e. The summed E-state index contributed by atoms with van der Waals surface area (Å²) in [6.45, 7) is 4.98. The summed E-state index contributed by atoms with van der Waals surface area (Å²) in [5.41, 5.74) is 2.44. The summed E-state index contributed by atoms with van der Waals surface area (Å²) < 4.78 is 31.3. The third kappa shape index (κ3) is 6.27. The molecule has 0 aliphatic heterocycles. The first-order valence-corrected chi connectivity index (χ1v) is 11.2. The van der Waals surface area contributed by atoms with Crippen LogP contribution in [0.15, 0.2) is 48.5 Å². The van der Waals surface area contributed by atoms with E-state index in [1.165, 1.54) is 10.6 Å². The van der Waals surface area contributed by atoms with Gasteiger partial charge in [-0.05, 0) is 38.0 Å². The van der Waals surface area contributed by atoms with Crippen molar-refractivity contribution in [1.82, 2.24) is 5.32 Å². The molecule has 0 fully saturated rings. The highest BCUT2D eigenvalue weighted by Gasteiger charge is 2.19. The number of amides is 1. The standard InChI is InChI=1S/C21H28N2O4S/c1-4-27-20-13-8-6-11-18(20)16-22-21(24)14-9-15-23(28(3,25)26)19-12-7-5-10-17(19)2/h5-8,10-13H,4,9,14-16H2,1-3H3,(H,22,24). The Labute approximate surface area is 167 Å². The SMILES string of the molecule is CCOc1ccccc1CNC(=O)CCCN(c1ccccc1C)S(C)(=O)=O. The van der Waals surface area contributed by atoms with Crippen LogP contribution >= 0.6 is 0 Å². The van der Waals surface area contributed by atoms with Crippen LogP contribution in [0.4, 0.5) is 5.69 Å². The molecule has 0 bridgehead atoms. The van der Waals surface area contributed by atoms with E-state index in [1.807, 2.05) is 56.3 Å². The molecule has 0 atom stereocenters. The molecule has 152 valence electrons. The van der Waals surface area contributed by atoms with Crippen molar-refractivity contribution in [3.8, 4) is 5.75 Å². The lowest BCUT2D eigenvalue weighted by Gasteiger charge is -2.24. The Bertz CT molecular complexity index is 897. The Kier molecular flexibility index (Phi) is 7.87. The maximum atomic E-state index is 12.2. The molecule has 2 rings (SSSR count). The normalized spacial score (nSPS) is 11.1. The number of hydrogen-bond acceptors (Lipinski definition) is 4. The minimum Gasteiger partial charge on any atom is -0.494 e. The van der Waals surface area contributed by atoms with E-state index in [-0.39, 0.29) is 18.9 Å². The quantitative estimate of drug-likeness (QED) is 0.659. The van der Waals surface area contributed by atoms with Crippen molar-refractivity contribution in [3.05, 3.63) is 59.7 Å². The molecule has 0 aromatic heterocycles. The van der Waals surface area contributed by atoms with E-state index in [1.54, 1.807) is 6.07 Å². The second-order valence-electron chi connectivity index (χ2n) is 6.54. The second kappa shape index (κ2) is 10.1. The monoisotopic (exact) mass is 404 g/mol. The zero-order valence-corrected chi connectivity index (χ0v) is 17.5. The summed E-state index contributed by atoms with van der Waals surface area (Å²) >= 11 is 0. The van der Waals surface area contributed by atoms with Crippen LogP contribution in [0.2, 0.25) is 0 Å². The number of carbonyl (C=O) groups is 1. The lowest BCUT2D eigenvalue weighted by Crippen LogP contribution is -2.32. The van der Waals surface area contributed by atoms with Crippen molar-refractivity contribution < 1.29 is 17.9 Å². The van der Waals surface area contributed by atoms with Crippen molar-refractivity contribution in [2.75, 3.05) is 23.7 Å². The van der Waals surface area contributed by atoms with Gasteiger partial charge in [-0.15, -0.1) is 0 Å². The topological polar surface area (TPSA) is 75.7 Å². The van der Waals surface area contributed by atoms with E-state index < -0.39 is 10.0 Å². The highest BCUT2D eigenvalue weighted by molar-refractivity contribution is 7.92. The Balaban J connectivity index is 1.91. The highest BCUT2D eigenvalue weighted by atomic mass is 32.2. The second-order valence-corrected chi connectivity index (χ2v) is 8.45. The summed E-state index contributed by atoms with van der Waals surface area (Å²) in [5, 5.41) is 2.87. The Morgan fingerprint density at radius 3 is 2.46 bits per heavy atom. The van der Waals surface area contributed by atoms with Gasteiger partial charge in [-0.1, -0.05) is 36.4 Å². The number of sulfonamides is 1. The highest BCUT2D eigenvalue weighted by Crippen LogP contribution is 2.22. The van der Waals surface area contributed by atoms with E-state index in [0.29, 0.717) is 25.3 Å². The molecule has 1 N–H and O–H groups in total. The Morgan fingerprint density at radius 2 is 1.79 bits per heavy atom. The van der Waals surface area contributed by atoms with Crippen LogP contribution in [0.1, 0.15) is 30.9 Å². The van der Waals surface area contributed by atoms with E-state index >= 15 is 0 Å². The van der Waals surface area contributed by atoms with Crippen LogP contribution in [0.5, 0.6) is 5.75 Å². The zero-order valence-electron chi connectivity index (χ0n) is 16.6. The predicted molar refractivity (Wildman–Crippen MR) is 112 cm³/mol. The fraction of sp³-hybridized carbons (Fsp3) is 0.381. The third-order valence-corrected chi connectivity index (χ3v) is 5.48. The van der Waals surface area contributed by atoms with Crippen molar-refractivity contribution >= 4 is 21.6 Å². The first-order chi connectivity index (χ1) is 13.3. The molecule has 2 aromatic carbocycles.